The van der Waals surface area contributed by atoms with E-state index in [0.29, 0.717) is 12.0 Å². The molecule has 3 aliphatic rings. The van der Waals surface area contributed by atoms with E-state index in [1.807, 2.05) is 25.1 Å². The Bertz CT molecular complexity index is 1150. The van der Waals surface area contributed by atoms with Crippen LogP contribution >= 0.6 is 0 Å². The molecular formula is C31H35NO3. The summed E-state index contributed by atoms with van der Waals surface area (Å²) in [6.45, 7) is 4.08. The van der Waals surface area contributed by atoms with Gasteiger partial charge < -0.3 is 10.1 Å². The van der Waals surface area contributed by atoms with E-state index in [-0.39, 0.29) is 23.8 Å². The lowest BCUT2D eigenvalue weighted by molar-refractivity contribution is -0.146. The zero-order valence-corrected chi connectivity index (χ0v) is 20.8. The molecule has 182 valence electrons. The molecule has 0 bridgehead atoms. The second kappa shape index (κ2) is 10.2. The van der Waals surface area contributed by atoms with Gasteiger partial charge >= 0.3 is 5.97 Å². The van der Waals surface area contributed by atoms with Crippen molar-refractivity contribution < 1.29 is 14.3 Å². The maximum atomic E-state index is 13.7. The van der Waals surface area contributed by atoms with Crippen molar-refractivity contribution in [1.82, 2.24) is 5.32 Å². The van der Waals surface area contributed by atoms with Crippen LogP contribution in [-0.2, 0) is 20.7 Å². The number of esters is 1. The first-order valence-electron chi connectivity index (χ1n) is 13.1. The van der Waals surface area contributed by atoms with Crippen LogP contribution in [-0.4, -0.2) is 17.9 Å². The summed E-state index contributed by atoms with van der Waals surface area (Å²) in [6.07, 6.45) is 7.39. The van der Waals surface area contributed by atoms with Gasteiger partial charge in [-0.2, -0.15) is 0 Å². The summed E-state index contributed by atoms with van der Waals surface area (Å²) in [4.78, 5) is 27.3. The highest BCUT2D eigenvalue weighted by atomic mass is 16.5. The fourth-order valence-corrected chi connectivity index (χ4v) is 5.95. The molecule has 0 aromatic heterocycles. The summed E-state index contributed by atoms with van der Waals surface area (Å²) >= 11 is 0. The van der Waals surface area contributed by atoms with Gasteiger partial charge in [-0.25, -0.2) is 4.79 Å². The summed E-state index contributed by atoms with van der Waals surface area (Å²) in [7, 11) is 0. The van der Waals surface area contributed by atoms with Gasteiger partial charge in [0.15, 0.2) is 5.78 Å². The van der Waals surface area contributed by atoms with Gasteiger partial charge in [-0.3, -0.25) is 4.79 Å². The average Bonchev–Trinajstić information content (AvgIpc) is 2.89. The molecule has 0 unspecified atom stereocenters. The molecule has 5 rings (SSSR count). The van der Waals surface area contributed by atoms with Crippen LogP contribution in [0.3, 0.4) is 0 Å². The second-order valence-electron chi connectivity index (χ2n) is 10.2. The van der Waals surface area contributed by atoms with Crippen LogP contribution < -0.4 is 5.32 Å². The smallest absolute Gasteiger partial charge is 0.337 e. The predicted octanol–water partition coefficient (Wildman–Crippen LogP) is 6.49. The van der Waals surface area contributed by atoms with E-state index in [1.54, 1.807) is 0 Å². The third kappa shape index (κ3) is 4.84. The highest BCUT2D eigenvalue weighted by Gasteiger charge is 2.41. The number of hydrogen-bond donors (Lipinski definition) is 1. The van der Waals surface area contributed by atoms with Crippen molar-refractivity contribution in [3.8, 4) is 0 Å². The van der Waals surface area contributed by atoms with E-state index < -0.39 is 5.92 Å². The first-order valence-corrected chi connectivity index (χ1v) is 13.1. The Morgan fingerprint density at radius 2 is 1.66 bits per heavy atom. The van der Waals surface area contributed by atoms with Crippen LogP contribution in [0.15, 0.2) is 77.1 Å². The Morgan fingerprint density at radius 1 is 0.943 bits per heavy atom. The molecule has 0 radical (unpaired) electrons. The van der Waals surface area contributed by atoms with Crippen molar-refractivity contribution in [3.63, 3.8) is 0 Å². The Labute approximate surface area is 208 Å². The summed E-state index contributed by atoms with van der Waals surface area (Å²) in [5.74, 6) is -0.414. The van der Waals surface area contributed by atoms with Crippen LogP contribution in [0.4, 0.5) is 0 Å². The lowest BCUT2D eigenvalue weighted by Crippen LogP contribution is -2.37. The molecule has 2 aromatic rings. The van der Waals surface area contributed by atoms with E-state index in [0.717, 1.165) is 61.1 Å². The molecular weight excluding hydrogens is 434 g/mol. The van der Waals surface area contributed by atoms with Gasteiger partial charge in [0.1, 0.15) is 6.10 Å². The number of benzene rings is 2. The standard InChI is InChI=1S/C31H35NO3/c1-3-21-14-16-23(17-15-21)29-28(31(34)35-25-12-8-5-9-13-25)20(2)32-26-18-24(19-27(33)30(26)29)22-10-6-4-7-11-22/h4,6-7,10-11,14-17,24-25,29,32H,3,5,8-9,12-13,18-19H2,1-2H3/t24-,29+/m1/s1. The van der Waals surface area contributed by atoms with E-state index >= 15 is 0 Å². The number of rotatable bonds is 5. The van der Waals surface area contributed by atoms with Crippen LogP contribution in [0.5, 0.6) is 0 Å². The number of carbonyl (C=O) groups is 2. The first kappa shape index (κ1) is 23.6. The lowest BCUT2D eigenvalue weighted by atomic mass is 9.71. The molecule has 0 amide bonds. The van der Waals surface area contributed by atoms with Crippen LogP contribution in [0.25, 0.3) is 0 Å². The number of ketones is 1. The van der Waals surface area contributed by atoms with Crippen molar-refractivity contribution in [2.24, 2.45) is 0 Å². The minimum atomic E-state index is -0.391. The molecule has 0 saturated heterocycles. The molecule has 2 aliphatic carbocycles. The number of ether oxygens (including phenoxy) is 1. The quantitative estimate of drug-likeness (QED) is 0.509. The maximum absolute atomic E-state index is 13.7. The Morgan fingerprint density at radius 3 is 2.34 bits per heavy atom. The third-order valence-corrected chi connectivity index (χ3v) is 7.87. The minimum absolute atomic E-state index is 0.0282. The first-order chi connectivity index (χ1) is 17.0. The van der Waals surface area contributed by atoms with E-state index in [4.69, 9.17) is 4.74 Å². The lowest BCUT2D eigenvalue weighted by Gasteiger charge is -2.37. The van der Waals surface area contributed by atoms with Gasteiger partial charge in [0.2, 0.25) is 0 Å². The molecule has 4 heteroatoms. The summed E-state index contributed by atoms with van der Waals surface area (Å²) in [5, 5.41) is 3.48. The molecule has 35 heavy (non-hydrogen) atoms. The number of carbonyl (C=O) groups excluding carboxylic acids is 2. The molecule has 4 nitrogen and oxygen atoms in total. The average molecular weight is 470 g/mol. The Kier molecular flexibility index (Phi) is 6.90. The number of aryl methyl sites for hydroxylation is 1. The fraction of sp³-hybridized carbons (Fsp3) is 0.419. The zero-order valence-electron chi connectivity index (χ0n) is 20.8. The Hall–Kier alpha value is -3.14. The number of hydrogen-bond acceptors (Lipinski definition) is 4. The molecule has 2 atom stereocenters. The SMILES string of the molecule is CCc1ccc([C@H]2C(C(=O)OC3CCCCC3)=C(C)NC3=C2C(=O)C[C@H](c2ccccc2)C3)cc1. The van der Waals surface area contributed by atoms with Gasteiger partial charge in [0, 0.05) is 29.3 Å². The van der Waals surface area contributed by atoms with Crippen molar-refractivity contribution in [1.29, 1.82) is 0 Å². The number of dihydropyridines is 1. The summed E-state index contributed by atoms with van der Waals surface area (Å²) in [6, 6.07) is 18.6. The van der Waals surface area contributed by atoms with Gasteiger partial charge in [-0.15, -0.1) is 0 Å². The monoisotopic (exact) mass is 469 g/mol. The highest BCUT2D eigenvalue weighted by Crippen LogP contribution is 2.46. The van der Waals surface area contributed by atoms with Gasteiger partial charge in [0.25, 0.3) is 0 Å². The number of Topliss-reactive ketones (excluding diaryl/α,β-unsaturated/α-hetero) is 1. The predicted molar refractivity (Wildman–Crippen MR) is 138 cm³/mol. The van der Waals surface area contributed by atoms with Crippen molar-refractivity contribution in [3.05, 3.63) is 93.8 Å². The zero-order chi connectivity index (χ0) is 24.4. The maximum Gasteiger partial charge on any atom is 0.337 e. The van der Waals surface area contributed by atoms with Gasteiger partial charge in [-0.1, -0.05) is 67.9 Å². The van der Waals surface area contributed by atoms with Gasteiger partial charge in [0.05, 0.1) is 5.57 Å². The summed E-state index contributed by atoms with van der Waals surface area (Å²) < 4.78 is 6.03. The van der Waals surface area contributed by atoms with Crippen LogP contribution in [0.1, 0.15) is 87.3 Å². The minimum Gasteiger partial charge on any atom is -0.459 e. The fourth-order valence-electron chi connectivity index (χ4n) is 5.95. The molecule has 1 heterocycles. The molecule has 1 aliphatic heterocycles. The van der Waals surface area contributed by atoms with Gasteiger partial charge in [-0.05, 0) is 68.1 Å². The van der Waals surface area contributed by atoms with E-state index in [1.165, 1.54) is 17.5 Å². The Balaban J connectivity index is 1.52. The number of nitrogens with one attached hydrogen (secondary N) is 1. The van der Waals surface area contributed by atoms with E-state index in [2.05, 4.69) is 48.6 Å². The van der Waals surface area contributed by atoms with Crippen molar-refractivity contribution in [2.45, 2.75) is 83.2 Å². The molecule has 2 aromatic carbocycles. The largest absolute Gasteiger partial charge is 0.459 e. The van der Waals surface area contributed by atoms with Crippen molar-refractivity contribution >= 4 is 11.8 Å². The normalized spacial score (nSPS) is 23.1. The van der Waals surface area contributed by atoms with E-state index in [9.17, 15) is 9.59 Å². The van der Waals surface area contributed by atoms with Crippen LogP contribution in [0, 0.1) is 0 Å². The molecule has 1 saturated carbocycles. The molecule has 1 fully saturated rings. The second-order valence-corrected chi connectivity index (χ2v) is 10.2. The number of allylic oxidation sites excluding steroid dienone is 3. The van der Waals surface area contributed by atoms with Crippen LogP contribution in [0.2, 0.25) is 0 Å². The molecule has 1 N–H and O–H groups in total. The van der Waals surface area contributed by atoms with Crippen molar-refractivity contribution in [2.75, 3.05) is 0 Å². The third-order valence-electron chi connectivity index (χ3n) is 7.87. The molecule has 0 spiro atoms. The highest BCUT2D eigenvalue weighted by molar-refractivity contribution is 6.04. The summed E-state index contributed by atoms with van der Waals surface area (Å²) in [5.41, 5.74) is 6.48. The topological polar surface area (TPSA) is 55.4 Å².